The van der Waals surface area contributed by atoms with Crippen molar-refractivity contribution in [1.29, 1.82) is 0 Å². The number of pyridine rings is 1. The Bertz CT molecular complexity index is 1610. The van der Waals surface area contributed by atoms with Gasteiger partial charge in [-0.05, 0) is 55.9 Å². The number of aromatic nitrogens is 5. The Kier molecular flexibility index (Phi) is 6.64. The number of nitrogens with one attached hydrogen (secondary N) is 3. The minimum Gasteiger partial charge on any atom is -0.366 e. The number of imidazole rings is 1. The highest BCUT2D eigenvalue weighted by atomic mass is 16.2. The molecule has 4 heterocycles. The third kappa shape index (κ3) is 5.04. The first-order valence-electron chi connectivity index (χ1n) is 13.6. The summed E-state index contributed by atoms with van der Waals surface area (Å²) in [6.07, 6.45) is 5.56. The summed E-state index contributed by atoms with van der Waals surface area (Å²) in [6, 6.07) is 11.9. The molecule has 202 valence electrons. The van der Waals surface area contributed by atoms with Crippen LogP contribution in [-0.2, 0) is 19.6 Å². The molecule has 4 aromatic rings. The second-order valence-corrected chi connectivity index (χ2v) is 10.2. The van der Waals surface area contributed by atoms with Crippen LogP contribution in [-0.4, -0.2) is 48.1 Å². The van der Waals surface area contributed by atoms with Crippen molar-refractivity contribution in [2.45, 2.75) is 58.3 Å². The highest BCUT2D eigenvalue weighted by Crippen LogP contribution is 2.32. The van der Waals surface area contributed by atoms with E-state index in [1.807, 2.05) is 48.2 Å². The molecular formula is C28H32N8O3. The predicted molar refractivity (Wildman–Crippen MR) is 149 cm³/mol. The van der Waals surface area contributed by atoms with Crippen molar-refractivity contribution in [2.75, 3.05) is 18.4 Å². The van der Waals surface area contributed by atoms with Crippen LogP contribution in [0.1, 0.15) is 49.8 Å². The number of carbonyl (C=O) groups excluding carboxylic acids is 1. The van der Waals surface area contributed by atoms with Crippen molar-refractivity contribution < 1.29 is 4.79 Å². The van der Waals surface area contributed by atoms with Gasteiger partial charge in [0, 0.05) is 50.5 Å². The second-order valence-electron chi connectivity index (χ2n) is 10.2. The standard InChI is InChI=1S/C28H32N8O3/c1-2-35-25-23(26(37)36(28(35)39)21-10-11-21)32-24(33-25)20-9-12-22(30-17-20)29-15-18-5-7-19(8-6-18)16-31-27(38)34-13-3-4-14-34/h5-9,12,17,21H,2-4,10-11,13-16H2,1H3,(H,29,30)(H,31,38)(H,32,33). The Balaban J connectivity index is 1.10. The lowest BCUT2D eigenvalue weighted by molar-refractivity contribution is 0.208. The van der Waals surface area contributed by atoms with Crippen molar-refractivity contribution in [2.24, 2.45) is 0 Å². The van der Waals surface area contributed by atoms with Crippen LogP contribution in [0.3, 0.4) is 0 Å². The van der Waals surface area contributed by atoms with Crippen LogP contribution in [0.5, 0.6) is 0 Å². The maximum Gasteiger partial charge on any atom is 0.332 e. The maximum atomic E-state index is 13.0. The van der Waals surface area contributed by atoms with E-state index in [-0.39, 0.29) is 23.3 Å². The molecular weight excluding hydrogens is 496 g/mol. The molecule has 2 aliphatic rings. The molecule has 2 amide bonds. The van der Waals surface area contributed by atoms with Crippen molar-refractivity contribution in [3.8, 4) is 11.4 Å². The molecule has 11 heteroatoms. The van der Waals surface area contributed by atoms with Gasteiger partial charge in [0.15, 0.2) is 5.65 Å². The number of anilines is 1. The number of nitrogens with zero attached hydrogens (tertiary/aromatic N) is 5. The zero-order valence-corrected chi connectivity index (χ0v) is 21.9. The van der Waals surface area contributed by atoms with Crippen molar-refractivity contribution in [1.82, 2.24) is 34.3 Å². The lowest BCUT2D eigenvalue weighted by Crippen LogP contribution is -2.39. The summed E-state index contributed by atoms with van der Waals surface area (Å²) in [5.74, 6) is 1.21. The molecule has 3 N–H and O–H groups in total. The van der Waals surface area contributed by atoms with Gasteiger partial charge in [-0.2, -0.15) is 0 Å². The predicted octanol–water partition coefficient (Wildman–Crippen LogP) is 3.22. The van der Waals surface area contributed by atoms with E-state index in [1.54, 1.807) is 10.8 Å². The number of rotatable bonds is 8. The van der Waals surface area contributed by atoms with E-state index in [2.05, 4.69) is 25.6 Å². The number of urea groups is 1. The van der Waals surface area contributed by atoms with Gasteiger partial charge in [-0.15, -0.1) is 0 Å². The van der Waals surface area contributed by atoms with Crippen molar-refractivity contribution >= 4 is 23.0 Å². The molecule has 6 rings (SSSR count). The maximum absolute atomic E-state index is 13.0. The monoisotopic (exact) mass is 528 g/mol. The average molecular weight is 529 g/mol. The van der Waals surface area contributed by atoms with E-state index in [0.717, 1.165) is 55.5 Å². The normalized spacial score (nSPS) is 15.2. The van der Waals surface area contributed by atoms with E-state index < -0.39 is 0 Å². The zero-order valence-electron chi connectivity index (χ0n) is 21.9. The molecule has 3 aromatic heterocycles. The molecule has 0 bridgehead atoms. The fourth-order valence-corrected chi connectivity index (χ4v) is 5.03. The average Bonchev–Trinajstić information content (AvgIpc) is 3.44. The van der Waals surface area contributed by atoms with Crippen LogP contribution >= 0.6 is 0 Å². The smallest absolute Gasteiger partial charge is 0.332 e. The Labute approximate surface area is 224 Å². The molecule has 0 unspecified atom stereocenters. The fourth-order valence-electron chi connectivity index (χ4n) is 5.03. The van der Waals surface area contributed by atoms with Crippen LogP contribution in [0, 0.1) is 0 Å². The fraction of sp³-hybridized carbons (Fsp3) is 0.393. The first kappa shape index (κ1) is 24.9. The topological polar surface area (TPSA) is 130 Å². The molecule has 2 fully saturated rings. The largest absolute Gasteiger partial charge is 0.366 e. The lowest BCUT2D eigenvalue weighted by Gasteiger charge is -2.16. The number of H-pyrrole nitrogens is 1. The number of aromatic amines is 1. The lowest BCUT2D eigenvalue weighted by atomic mass is 10.1. The minimum atomic E-state index is -0.313. The van der Waals surface area contributed by atoms with Crippen molar-refractivity contribution in [3.05, 3.63) is 74.6 Å². The van der Waals surface area contributed by atoms with Crippen LogP contribution in [0.15, 0.2) is 52.2 Å². The zero-order chi connectivity index (χ0) is 26.9. The van der Waals surface area contributed by atoms with E-state index in [4.69, 9.17) is 0 Å². The Hall–Kier alpha value is -4.41. The number of hydrogen-bond acceptors (Lipinski definition) is 6. The molecule has 1 aliphatic carbocycles. The quantitative estimate of drug-likeness (QED) is 0.322. The Morgan fingerprint density at radius 1 is 1.03 bits per heavy atom. The third-order valence-electron chi connectivity index (χ3n) is 7.41. The number of likely N-dealkylation sites (tertiary alicyclic amines) is 1. The highest BCUT2D eigenvalue weighted by Gasteiger charge is 2.29. The number of fused-ring (bicyclic) bond motifs is 1. The highest BCUT2D eigenvalue weighted by molar-refractivity contribution is 5.76. The molecule has 0 atom stereocenters. The number of benzene rings is 1. The van der Waals surface area contributed by atoms with Gasteiger partial charge in [-0.25, -0.2) is 19.6 Å². The summed E-state index contributed by atoms with van der Waals surface area (Å²) in [7, 11) is 0. The van der Waals surface area contributed by atoms with Crippen molar-refractivity contribution in [3.63, 3.8) is 0 Å². The second kappa shape index (κ2) is 10.4. The van der Waals surface area contributed by atoms with E-state index in [0.29, 0.717) is 42.4 Å². The van der Waals surface area contributed by atoms with Gasteiger partial charge in [0.05, 0.1) is 0 Å². The summed E-state index contributed by atoms with van der Waals surface area (Å²) in [6.45, 7) is 5.10. The molecule has 39 heavy (non-hydrogen) atoms. The Morgan fingerprint density at radius 3 is 2.38 bits per heavy atom. The molecule has 0 radical (unpaired) electrons. The van der Waals surface area contributed by atoms with Gasteiger partial charge in [0.2, 0.25) is 0 Å². The summed E-state index contributed by atoms with van der Waals surface area (Å²) in [5, 5.41) is 6.30. The van der Waals surface area contributed by atoms with Gasteiger partial charge in [-0.3, -0.25) is 13.9 Å². The van der Waals surface area contributed by atoms with Gasteiger partial charge >= 0.3 is 11.7 Å². The minimum absolute atomic E-state index is 0.00508. The van der Waals surface area contributed by atoms with E-state index in [1.165, 1.54) is 4.57 Å². The summed E-state index contributed by atoms with van der Waals surface area (Å²) < 4.78 is 2.90. The summed E-state index contributed by atoms with van der Waals surface area (Å²) in [5.41, 5.74) is 2.99. The third-order valence-corrected chi connectivity index (χ3v) is 7.41. The number of aryl methyl sites for hydroxylation is 1. The number of carbonyl (C=O) groups is 1. The first-order chi connectivity index (χ1) is 19.0. The molecule has 11 nitrogen and oxygen atoms in total. The first-order valence-corrected chi connectivity index (χ1v) is 13.6. The Morgan fingerprint density at radius 2 is 1.74 bits per heavy atom. The molecule has 1 aromatic carbocycles. The SMILES string of the molecule is CCn1c(=O)n(C2CC2)c(=O)c2[nH]c(-c3ccc(NCc4ccc(CNC(=O)N5CCCC5)cc4)nc3)nc21. The van der Waals surface area contributed by atoms with Gasteiger partial charge < -0.3 is 20.5 Å². The van der Waals surface area contributed by atoms with Crippen LogP contribution < -0.4 is 21.9 Å². The van der Waals surface area contributed by atoms with E-state index in [9.17, 15) is 14.4 Å². The van der Waals surface area contributed by atoms with E-state index >= 15 is 0 Å². The number of amides is 2. The summed E-state index contributed by atoms with van der Waals surface area (Å²) >= 11 is 0. The molecule has 1 aliphatic heterocycles. The molecule has 1 saturated heterocycles. The van der Waals surface area contributed by atoms with Crippen LogP contribution in [0.4, 0.5) is 10.6 Å². The number of hydrogen-bond donors (Lipinski definition) is 3. The summed E-state index contributed by atoms with van der Waals surface area (Å²) in [4.78, 5) is 52.1. The molecule has 1 saturated carbocycles. The molecule has 0 spiro atoms. The van der Waals surface area contributed by atoms with Gasteiger partial charge in [0.25, 0.3) is 5.56 Å². The van der Waals surface area contributed by atoms with Crippen LogP contribution in [0.25, 0.3) is 22.6 Å². The van der Waals surface area contributed by atoms with Crippen LogP contribution in [0.2, 0.25) is 0 Å². The van der Waals surface area contributed by atoms with Gasteiger partial charge in [0.1, 0.15) is 17.2 Å². The van der Waals surface area contributed by atoms with Gasteiger partial charge in [-0.1, -0.05) is 24.3 Å².